The molecule has 0 N–H and O–H groups in total. The van der Waals surface area contributed by atoms with Gasteiger partial charge >= 0.3 is 0 Å². The van der Waals surface area contributed by atoms with Crippen LogP contribution in [0.2, 0.25) is 0 Å². The Hall–Kier alpha value is -0.962. The van der Waals surface area contributed by atoms with Crippen molar-refractivity contribution in [1.82, 2.24) is 0 Å². The van der Waals surface area contributed by atoms with Crippen LogP contribution in [0, 0.1) is 97.5 Å². The van der Waals surface area contributed by atoms with Gasteiger partial charge in [-0.25, -0.2) is 0 Å². The summed E-state index contributed by atoms with van der Waals surface area (Å²) < 4.78 is 0. The molecule has 0 aromatic rings. The predicted molar refractivity (Wildman–Crippen MR) is 84.0 cm³/mol. The fourth-order valence-corrected chi connectivity index (χ4v) is 0.599. The Morgan fingerprint density at radius 2 is 1.43 bits per heavy atom. The summed E-state index contributed by atoms with van der Waals surface area (Å²) in [6.45, 7) is 8.80. The Morgan fingerprint density at radius 3 is 1.57 bits per heavy atom. The van der Waals surface area contributed by atoms with Gasteiger partial charge < -0.3 is 0 Å². The van der Waals surface area contributed by atoms with Gasteiger partial charge in [-0.15, -0.1) is 0 Å². The van der Waals surface area contributed by atoms with Crippen LogP contribution in [0.4, 0.5) is 0 Å². The van der Waals surface area contributed by atoms with Gasteiger partial charge in [-0.1, -0.05) is 28.4 Å². The number of nitriles is 4. The number of allylic oxidation sites excluding steroid dienone is 1. The van der Waals surface area contributed by atoms with E-state index in [-0.39, 0.29) is 67.1 Å². The molecule has 0 spiro atoms. The SMILES string of the molecule is C.C.C=CC#N.CC(C)C#N.CCC(C#N)CCC#N.[Pm]. The summed E-state index contributed by atoms with van der Waals surface area (Å²) in [6.07, 6.45) is 3.27. The van der Waals surface area contributed by atoms with Crippen LogP contribution in [0.3, 0.4) is 0 Å². The zero-order chi connectivity index (χ0) is 14.8. The number of rotatable bonds is 3. The van der Waals surface area contributed by atoms with Crippen molar-refractivity contribution >= 4 is 0 Å². The zero-order valence-electron chi connectivity index (χ0n) is 11.8. The van der Waals surface area contributed by atoms with Crippen molar-refractivity contribution in [3.63, 3.8) is 0 Å². The second-order valence-electron chi connectivity index (χ2n) is 3.55. The first-order chi connectivity index (χ1) is 8.53. The summed E-state index contributed by atoms with van der Waals surface area (Å²) >= 11 is 0. The van der Waals surface area contributed by atoms with Crippen LogP contribution in [0.25, 0.3) is 0 Å². The number of hydrogen-bond acceptors (Lipinski definition) is 4. The molecule has 117 valence electrons. The van der Waals surface area contributed by atoms with Crippen molar-refractivity contribution in [2.75, 3.05) is 0 Å². The maximum atomic E-state index is 8.39. The van der Waals surface area contributed by atoms with Crippen LogP contribution < -0.4 is 0 Å². The third-order valence-electron chi connectivity index (χ3n) is 1.63. The van der Waals surface area contributed by atoms with Crippen molar-refractivity contribution < 1.29 is 40.4 Å². The molecule has 0 aliphatic rings. The van der Waals surface area contributed by atoms with Gasteiger partial charge in [-0.3, -0.25) is 0 Å². The van der Waals surface area contributed by atoms with E-state index in [0.29, 0.717) is 6.42 Å². The molecule has 1 unspecified atom stereocenters. The molecular formula is C16H28N4Pm. The van der Waals surface area contributed by atoms with Gasteiger partial charge in [0.15, 0.2) is 0 Å². The molecule has 0 saturated heterocycles. The van der Waals surface area contributed by atoms with E-state index in [4.69, 9.17) is 21.0 Å². The van der Waals surface area contributed by atoms with Crippen LogP contribution >= 0.6 is 0 Å². The van der Waals surface area contributed by atoms with Crippen LogP contribution in [0.15, 0.2) is 12.7 Å². The van der Waals surface area contributed by atoms with Crippen LogP contribution in [-0.2, 0) is 0 Å². The van der Waals surface area contributed by atoms with E-state index in [0.717, 1.165) is 12.8 Å². The van der Waals surface area contributed by atoms with E-state index in [2.05, 4.69) is 12.6 Å². The van der Waals surface area contributed by atoms with E-state index in [9.17, 15) is 0 Å². The molecule has 0 amide bonds. The fraction of sp³-hybridized carbons (Fsp3) is 0.625. The molecule has 0 aromatic carbocycles. The van der Waals surface area contributed by atoms with Gasteiger partial charge in [-0.2, -0.15) is 21.0 Å². The van der Waals surface area contributed by atoms with E-state index >= 15 is 0 Å². The maximum Gasteiger partial charge on any atom is 0.0905 e. The average Bonchev–Trinajstić information content (AvgIpc) is 2.41. The molecule has 5 heteroatoms. The smallest absolute Gasteiger partial charge is 0.0905 e. The standard InChI is InChI=1S/C7H10N2.C4H7N.C3H3N.2CH4.Pm/c1-2-7(6-9)4-3-5-8;1-4(2)3-5;1-2-3-4;;;/h7H,2-4H2,1H3;4H,1-2H3;2H,1H2;2*1H4;. The first-order valence-electron chi connectivity index (χ1n) is 5.70. The summed E-state index contributed by atoms with van der Waals surface area (Å²) in [4.78, 5) is 0. The molecule has 1 atom stereocenters. The Balaban J connectivity index is -0.0000000410. The molecule has 0 heterocycles. The topological polar surface area (TPSA) is 95.2 Å². The first kappa shape index (κ1) is 36.9. The third kappa shape index (κ3) is 54.8. The number of hydrogen-bond donors (Lipinski definition) is 0. The van der Waals surface area contributed by atoms with Crippen LogP contribution in [-0.4, -0.2) is 0 Å². The molecule has 4 nitrogen and oxygen atoms in total. The summed E-state index contributed by atoms with van der Waals surface area (Å²) in [5.74, 6) is 0.277. The molecular weight excluding hydrogens is 393 g/mol. The normalized spacial score (nSPS) is 7.43. The van der Waals surface area contributed by atoms with Gasteiger partial charge in [0.1, 0.15) is 0 Å². The van der Waals surface area contributed by atoms with Crippen molar-refractivity contribution in [2.24, 2.45) is 11.8 Å². The molecule has 0 saturated carbocycles. The van der Waals surface area contributed by atoms with Gasteiger partial charge in [0, 0.05) is 64.7 Å². The van der Waals surface area contributed by atoms with Crippen molar-refractivity contribution in [2.45, 2.75) is 54.9 Å². The molecule has 0 aliphatic heterocycles. The predicted octanol–water partition coefficient (Wildman–Crippen LogP) is 4.97. The third-order valence-corrected chi connectivity index (χ3v) is 1.63. The minimum Gasteiger partial charge on any atom is -0.198 e. The summed E-state index contributed by atoms with van der Waals surface area (Å²) in [5.41, 5.74) is 0. The largest absolute Gasteiger partial charge is 0.198 e. The van der Waals surface area contributed by atoms with Gasteiger partial charge in [-0.05, 0) is 26.7 Å². The average molecular weight is 421 g/mol. The fourth-order valence-electron chi connectivity index (χ4n) is 0.599. The summed E-state index contributed by atoms with van der Waals surface area (Å²) in [5, 5.41) is 31.9. The second kappa shape index (κ2) is 36.4. The van der Waals surface area contributed by atoms with Gasteiger partial charge in [0.25, 0.3) is 0 Å². The van der Waals surface area contributed by atoms with E-state index < -0.39 is 0 Å². The maximum absolute atomic E-state index is 8.39. The Kier molecular flexibility index (Phi) is 63.9. The summed E-state index contributed by atoms with van der Waals surface area (Å²) in [7, 11) is 0. The molecule has 1 radical (unpaired) electrons. The van der Waals surface area contributed by atoms with Gasteiger partial charge in [0.05, 0.1) is 24.3 Å². The van der Waals surface area contributed by atoms with Gasteiger partial charge in [0.2, 0.25) is 0 Å². The number of nitrogens with zero attached hydrogens (tertiary/aromatic N) is 4. The zero-order valence-corrected chi connectivity index (χ0v) is 14.7. The molecule has 0 aliphatic carbocycles. The van der Waals surface area contributed by atoms with E-state index in [1.807, 2.05) is 32.9 Å². The quantitative estimate of drug-likeness (QED) is 0.601. The molecule has 0 fully saturated rings. The minimum atomic E-state index is 0. The van der Waals surface area contributed by atoms with Crippen LogP contribution in [0.5, 0.6) is 0 Å². The summed E-state index contributed by atoms with van der Waals surface area (Å²) in [6, 6.07) is 7.87. The minimum absolute atomic E-state index is 0. The molecule has 0 aromatic heterocycles. The molecule has 0 rings (SSSR count). The molecule has 21 heavy (non-hydrogen) atoms. The van der Waals surface area contributed by atoms with E-state index in [1.165, 1.54) is 6.08 Å². The first-order valence-corrected chi connectivity index (χ1v) is 5.70. The van der Waals surface area contributed by atoms with Crippen molar-refractivity contribution in [3.8, 4) is 24.3 Å². The monoisotopic (exact) mass is 421 g/mol. The Morgan fingerprint density at radius 1 is 1.05 bits per heavy atom. The molecule has 0 bridgehead atoms. The Bertz CT molecular complexity index is 350. The van der Waals surface area contributed by atoms with Crippen molar-refractivity contribution in [1.29, 1.82) is 21.0 Å². The Labute approximate surface area is 164 Å². The van der Waals surface area contributed by atoms with Crippen molar-refractivity contribution in [3.05, 3.63) is 12.7 Å². The van der Waals surface area contributed by atoms with Crippen LogP contribution in [0.1, 0.15) is 54.9 Å². The van der Waals surface area contributed by atoms with E-state index in [1.54, 1.807) is 6.07 Å². The second-order valence-corrected chi connectivity index (χ2v) is 3.55.